The van der Waals surface area contributed by atoms with Gasteiger partial charge in [0.2, 0.25) is 0 Å². The van der Waals surface area contributed by atoms with E-state index >= 15 is 0 Å². The first-order valence-electron chi connectivity index (χ1n) is 9.66. The Balaban J connectivity index is 1.65. The Bertz CT molecular complexity index is 892. The van der Waals surface area contributed by atoms with Gasteiger partial charge in [0.05, 0.1) is 37.8 Å². The van der Waals surface area contributed by atoms with Crippen molar-refractivity contribution in [1.29, 1.82) is 0 Å². The zero-order valence-electron chi connectivity index (χ0n) is 17.6. The molecule has 0 spiro atoms. The molecule has 1 amide bonds. The van der Waals surface area contributed by atoms with Crippen LogP contribution in [0.4, 0.5) is 16.3 Å². The first-order chi connectivity index (χ1) is 14.2. The van der Waals surface area contributed by atoms with E-state index in [0.717, 1.165) is 0 Å². The first-order valence-corrected chi connectivity index (χ1v) is 9.66. The zero-order chi connectivity index (χ0) is 21.7. The lowest BCUT2D eigenvalue weighted by molar-refractivity contribution is -0.141. The van der Waals surface area contributed by atoms with Crippen LogP contribution in [-0.4, -0.2) is 64.1 Å². The fourth-order valence-corrected chi connectivity index (χ4v) is 2.88. The Morgan fingerprint density at radius 2 is 2.13 bits per heavy atom. The minimum absolute atomic E-state index is 0.0298. The fraction of sp³-hybridized carbons (Fsp3) is 0.500. The Kier molecular flexibility index (Phi) is 6.56. The summed E-state index contributed by atoms with van der Waals surface area (Å²) in [7, 11) is 1.33. The molecule has 0 radical (unpaired) electrons. The van der Waals surface area contributed by atoms with E-state index in [9.17, 15) is 9.59 Å². The minimum atomic E-state index is -0.550. The average Bonchev–Trinajstić information content (AvgIpc) is 3.13. The van der Waals surface area contributed by atoms with Gasteiger partial charge in [0.25, 0.3) is 0 Å². The van der Waals surface area contributed by atoms with Gasteiger partial charge in [0, 0.05) is 12.7 Å². The number of nitrogens with one attached hydrogen (secondary N) is 1. The Morgan fingerprint density at radius 1 is 1.33 bits per heavy atom. The second-order valence-corrected chi connectivity index (χ2v) is 7.86. The van der Waals surface area contributed by atoms with Crippen LogP contribution < -0.4 is 5.32 Å². The highest BCUT2D eigenvalue weighted by molar-refractivity contribution is 5.69. The van der Waals surface area contributed by atoms with Crippen molar-refractivity contribution in [3.05, 3.63) is 36.3 Å². The molecule has 2 aromatic heterocycles. The molecule has 3 rings (SSSR count). The first kappa shape index (κ1) is 21.6. The third kappa shape index (κ3) is 5.93. The van der Waals surface area contributed by atoms with Crippen LogP contribution in [0.2, 0.25) is 0 Å². The van der Waals surface area contributed by atoms with Gasteiger partial charge in [-0.3, -0.25) is 9.48 Å². The average molecular weight is 417 g/mol. The summed E-state index contributed by atoms with van der Waals surface area (Å²) < 4.78 is 17.4. The predicted octanol–water partition coefficient (Wildman–Crippen LogP) is 2.50. The number of carbonyl (C=O) groups is 2. The molecule has 162 valence electrons. The molecule has 1 saturated heterocycles. The van der Waals surface area contributed by atoms with Gasteiger partial charge in [0.1, 0.15) is 24.1 Å². The van der Waals surface area contributed by atoms with Crippen LogP contribution >= 0.6 is 0 Å². The summed E-state index contributed by atoms with van der Waals surface area (Å²) in [4.78, 5) is 30.0. The molecule has 10 heteroatoms. The maximum Gasteiger partial charge on any atom is 0.410 e. The zero-order valence-corrected chi connectivity index (χ0v) is 17.6. The number of anilines is 2. The summed E-state index contributed by atoms with van der Waals surface area (Å²) in [5.41, 5.74) is 0.837. The molecule has 1 aliphatic rings. The summed E-state index contributed by atoms with van der Waals surface area (Å²) in [6.45, 7) is 6.79. The molecule has 1 aliphatic heterocycles. The van der Waals surface area contributed by atoms with Gasteiger partial charge in [-0.15, -0.1) is 0 Å². The Labute approximate surface area is 175 Å². The van der Waals surface area contributed by atoms with Crippen LogP contribution in [0.15, 0.2) is 30.6 Å². The minimum Gasteiger partial charge on any atom is -0.468 e. The van der Waals surface area contributed by atoms with Gasteiger partial charge >= 0.3 is 12.1 Å². The highest BCUT2D eigenvalue weighted by Crippen LogP contribution is 2.24. The van der Waals surface area contributed by atoms with Gasteiger partial charge in [-0.05, 0) is 32.9 Å². The standard InChI is InChI=1S/C20H27N5O5/c1-20(2,3)30-19(27)24-8-9-29-16(12-24)15-6-5-7-17(23-15)22-14-10-21-25(11-14)13-18(26)28-4/h5-7,10-11,16H,8-9,12-13H2,1-4H3,(H,22,23)/t16-/m0/s1. The molecule has 30 heavy (non-hydrogen) atoms. The topological polar surface area (TPSA) is 108 Å². The number of esters is 1. The van der Waals surface area contributed by atoms with Gasteiger partial charge in [0.15, 0.2) is 0 Å². The van der Waals surface area contributed by atoms with Gasteiger partial charge in [-0.1, -0.05) is 6.07 Å². The van der Waals surface area contributed by atoms with Crippen LogP contribution in [0, 0.1) is 0 Å². The quantitative estimate of drug-likeness (QED) is 0.740. The highest BCUT2D eigenvalue weighted by Gasteiger charge is 2.29. The van der Waals surface area contributed by atoms with E-state index in [2.05, 4.69) is 20.1 Å². The van der Waals surface area contributed by atoms with E-state index in [0.29, 0.717) is 36.9 Å². The number of ether oxygens (including phenoxy) is 3. The molecule has 10 nitrogen and oxygen atoms in total. The predicted molar refractivity (Wildman–Crippen MR) is 108 cm³/mol. The van der Waals surface area contributed by atoms with E-state index in [-0.39, 0.29) is 24.7 Å². The van der Waals surface area contributed by atoms with E-state index in [4.69, 9.17) is 9.47 Å². The second kappa shape index (κ2) is 9.12. The molecule has 0 aromatic carbocycles. The molecule has 1 fully saturated rings. The van der Waals surface area contributed by atoms with Crippen LogP contribution in [0.1, 0.15) is 32.6 Å². The fourth-order valence-electron chi connectivity index (χ4n) is 2.88. The molecule has 3 heterocycles. The summed E-state index contributed by atoms with van der Waals surface area (Å²) in [6.07, 6.45) is 2.57. The van der Waals surface area contributed by atoms with Crippen molar-refractivity contribution in [2.45, 2.75) is 39.0 Å². The summed E-state index contributed by atoms with van der Waals surface area (Å²) >= 11 is 0. The monoisotopic (exact) mass is 417 g/mol. The number of pyridine rings is 1. The lowest BCUT2D eigenvalue weighted by atomic mass is 10.2. The molecular formula is C20H27N5O5. The summed E-state index contributed by atoms with van der Waals surface area (Å²) in [5, 5.41) is 7.27. The van der Waals surface area contributed by atoms with E-state index in [1.165, 1.54) is 11.8 Å². The molecule has 0 unspecified atom stereocenters. The number of rotatable bonds is 5. The maximum absolute atomic E-state index is 12.4. The molecule has 0 saturated carbocycles. The van der Waals surface area contributed by atoms with Gasteiger partial charge in [-0.2, -0.15) is 5.10 Å². The second-order valence-electron chi connectivity index (χ2n) is 7.86. The number of carbonyl (C=O) groups excluding carboxylic acids is 2. The summed E-state index contributed by atoms with van der Waals surface area (Å²) in [5.74, 6) is 0.219. The third-order valence-corrected chi connectivity index (χ3v) is 4.24. The van der Waals surface area contributed by atoms with Crippen molar-refractivity contribution in [3.8, 4) is 0 Å². The largest absolute Gasteiger partial charge is 0.468 e. The Hall–Kier alpha value is -3.14. The normalized spacial score (nSPS) is 16.8. The highest BCUT2D eigenvalue weighted by atomic mass is 16.6. The molecule has 1 atom stereocenters. The summed E-state index contributed by atoms with van der Waals surface area (Å²) in [6, 6.07) is 5.53. The molecular weight excluding hydrogens is 390 g/mol. The van der Waals surface area contributed by atoms with Gasteiger partial charge < -0.3 is 24.4 Å². The third-order valence-electron chi connectivity index (χ3n) is 4.24. The van der Waals surface area contributed by atoms with Gasteiger partial charge in [-0.25, -0.2) is 9.78 Å². The van der Waals surface area contributed by atoms with Crippen molar-refractivity contribution in [2.75, 3.05) is 32.1 Å². The smallest absolute Gasteiger partial charge is 0.410 e. The van der Waals surface area contributed by atoms with E-state index in [1.54, 1.807) is 17.3 Å². The molecule has 1 N–H and O–H groups in total. The SMILES string of the molecule is COC(=O)Cn1cc(Nc2cccc([C@@H]3CN(C(=O)OC(C)(C)C)CCO3)n2)cn1. The van der Waals surface area contributed by atoms with Crippen LogP contribution in [0.3, 0.4) is 0 Å². The van der Waals surface area contributed by atoms with E-state index in [1.807, 2.05) is 39.0 Å². The van der Waals surface area contributed by atoms with Crippen molar-refractivity contribution < 1.29 is 23.8 Å². The van der Waals surface area contributed by atoms with Crippen molar-refractivity contribution in [1.82, 2.24) is 19.7 Å². The molecule has 2 aromatic rings. The van der Waals surface area contributed by atoms with Crippen LogP contribution in [0.5, 0.6) is 0 Å². The number of morpholine rings is 1. The van der Waals surface area contributed by atoms with Crippen LogP contribution in [0.25, 0.3) is 0 Å². The number of nitrogens with zero attached hydrogens (tertiary/aromatic N) is 4. The molecule has 0 bridgehead atoms. The van der Waals surface area contributed by atoms with Crippen LogP contribution in [-0.2, 0) is 25.5 Å². The van der Waals surface area contributed by atoms with Crippen molar-refractivity contribution in [3.63, 3.8) is 0 Å². The van der Waals surface area contributed by atoms with Crippen molar-refractivity contribution >= 4 is 23.6 Å². The molecule has 0 aliphatic carbocycles. The number of methoxy groups -OCH3 is 1. The number of aromatic nitrogens is 3. The maximum atomic E-state index is 12.4. The Morgan fingerprint density at radius 3 is 2.87 bits per heavy atom. The number of hydrogen-bond donors (Lipinski definition) is 1. The van der Waals surface area contributed by atoms with Crippen molar-refractivity contribution in [2.24, 2.45) is 0 Å². The lowest BCUT2D eigenvalue weighted by Gasteiger charge is -2.34. The lowest BCUT2D eigenvalue weighted by Crippen LogP contribution is -2.44. The number of hydrogen-bond acceptors (Lipinski definition) is 8. The van der Waals surface area contributed by atoms with E-state index < -0.39 is 5.60 Å². The number of amides is 1.